The molecule has 0 bridgehead atoms. The van der Waals surface area contributed by atoms with Crippen LogP contribution in [0.15, 0.2) is 29.6 Å². The minimum atomic E-state index is 0.516. The van der Waals surface area contributed by atoms with Gasteiger partial charge in [-0.2, -0.15) is 0 Å². The highest BCUT2D eigenvalue weighted by molar-refractivity contribution is 7.11. The summed E-state index contributed by atoms with van der Waals surface area (Å²) < 4.78 is 0. The predicted molar refractivity (Wildman–Crippen MR) is 77.9 cm³/mol. The van der Waals surface area contributed by atoms with Gasteiger partial charge in [0.25, 0.3) is 0 Å². The lowest BCUT2D eigenvalue weighted by molar-refractivity contribution is 0.503. The van der Waals surface area contributed by atoms with Crippen LogP contribution in [0.1, 0.15) is 40.4 Å². The van der Waals surface area contributed by atoms with Gasteiger partial charge in [-0.3, -0.25) is 0 Å². The predicted octanol–water partition coefficient (Wildman–Crippen LogP) is 4.75. The van der Waals surface area contributed by atoms with Crippen LogP contribution in [0.25, 0.3) is 0 Å². The first kappa shape index (κ1) is 12.8. The molecule has 0 aliphatic carbocycles. The van der Waals surface area contributed by atoms with Gasteiger partial charge in [0.05, 0.1) is 0 Å². The second-order valence-corrected chi connectivity index (χ2v) is 6.60. The Bertz CT molecular complexity index is 431. The number of aryl methyl sites for hydroxylation is 1. The maximum atomic E-state index is 3.67. The Balaban J connectivity index is 1.94. The van der Waals surface area contributed by atoms with Gasteiger partial charge < -0.3 is 5.32 Å². The monoisotopic (exact) mass is 265 g/mol. The van der Waals surface area contributed by atoms with E-state index in [1.807, 2.05) is 22.7 Å². The highest BCUT2D eigenvalue weighted by Gasteiger charge is 2.11. The standard InChI is InChI=1S/C14H19NS2/c1-3-5-13(14-6-4-9-16-14)15-10-12-8-7-11(2)17-12/h4,6-9,13,15H,3,5,10H2,1-2H3. The van der Waals surface area contributed by atoms with Crippen molar-refractivity contribution in [2.24, 2.45) is 0 Å². The lowest BCUT2D eigenvalue weighted by Gasteiger charge is -2.16. The fourth-order valence-corrected chi connectivity index (χ4v) is 3.61. The highest BCUT2D eigenvalue weighted by Crippen LogP contribution is 2.24. The Labute approximate surface area is 112 Å². The number of rotatable bonds is 6. The van der Waals surface area contributed by atoms with E-state index < -0.39 is 0 Å². The van der Waals surface area contributed by atoms with Crippen molar-refractivity contribution in [2.45, 2.75) is 39.3 Å². The fraction of sp³-hybridized carbons (Fsp3) is 0.429. The summed E-state index contributed by atoms with van der Waals surface area (Å²) in [6.45, 7) is 5.40. The highest BCUT2D eigenvalue weighted by atomic mass is 32.1. The van der Waals surface area contributed by atoms with Gasteiger partial charge >= 0.3 is 0 Å². The Morgan fingerprint density at radius 1 is 1.29 bits per heavy atom. The van der Waals surface area contributed by atoms with E-state index in [-0.39, 0.29) is 0 Å². The largest absolute Gasteiger partial charge is 0.304 e. The van der Waals surface area contributed by atoms with Gasteiger partial charge in [-0.25, -0.2) is 0 Å². The molecule has 2 rings (SSSR count). The molecule has 17 heavy (non-hydrogen) atoms. The van der Waals surface area contributed by atoms with Crippen LogP contribution in [0.4, 0.5) is 0 Å². The first-order chi connectivity index (χ1) is 8.29. The first-order valence-corrected chi connectivity index (χ1v) is 7.81. The molecule has 0 amide bonds. The number of thiophene rings is 2. The van der Waals surface area contributed by atoms with Crippen LogP contribution in [0.3, 0.4) is 0 Å². The van der Waals surface area contributed by atoms with Gasteiger partial charge in [-0.05, 0) is 36.9 Å². The summed E-state index contributed by atoms with van der Waals surface area (Å²) in [5.74, 6) is 0. The van der Waals surface area contributed by atoms with E-state index in [2.05, 4.69) is 48.8 Å². The van der Waals surface area contributed by atoms with Crippen molar-refractivity contribution in [1.82, 2.24) is 5.32 Å². The molecule has 1 atom stereocenters. The molecular weight excluding hydrogens is 246 g/mol. The third kappa shape index (κ3) is 3.66. The van der Waals surface area contributed by atoms with Gasteiger partial charge in [-0.15, -0.1) is 22.7 Å². The van der Waals surface area contributed by atoms with Crippen molar-refractivity contribution in [3.63, 3.8) is 0 Å². The average Bonchev–Trinajstić information content (AvgIpc) is 2.95. The summed E-state index contributed by atoms with van der Waals surface area (Å²) in [5.41, 5.74) is 0. The van der Waals surface area contributed by atoms with Crippen LogP contribution in [-0.2, 0) is 6.54 Å². The Morgan fingerprint density at radius 3 is 2.76 bits per heavy atom. The van der Waals surface area contributed by atoms with Crippen LogP contribution in [-0.4, -0.2) is 0 Å². The van der Waals surface area contributed by atoms with Crippen LogP contribution in [0, 0.1) is 6.92 Å². The van der Waals surface area contributed by atoms with Gasteiger partial charge in [0.15, 0.2) is 0 Å². The molecule has 92 valence electrons. The SMILES string of the molecule is CCCC(NCc1ccc(C)s1)c1cccs1. The Kier molecular flexibility index (Phi) is 4.77. The lowest BCUT2D eigenvalue weighted by Crippen LogP contribution is -2.19. The van der Waals surface area contributed by atoms with E-state index in [0.29, 0.717) is 6.04 Å². The Hall–Kier alpha value is -0.640. The topological polar surface area (TPSA) is 12.0 Å². The lowest BCUT2D eigenvalue weighted by atomic mass is 10.1. The van der Waals surface area contributed by atoms with E-state index in [0.717, 1.165) is 6.54 Å². The van der Waals surface area contributed by atoms with Gasteiger partial charge in [-0.1, -0.05) is 19.4 Å². The first-order valence-electron chi connectivity index (χ1n) is 6.11. The third-order valence-electron chi connectivity index (χ3n) is 2.78. The maximum absolute atomic E-state index is 3.67. The van der Waals surface area contributed by atoms with Crippen LogP contribution < -0.4 is 5.32 Å². The minimum absolute atomic E-state index is 0.516. The summed E-state index contributed by atoms with van der Waals surface area (Å²) in [7, 11) is 0. The molecule has 0 saturated heterocycles. The summed E-state index contributed by atoms with van der Waals surface area (Å²) in [5, 5.41) is 5.84. The zero-order valence-electron chi connectivity index (χ0n) is 10.4. The molecule has 0 radical (unpaired) electrons. The van der Waals surface area contributed by atoms with Crippen molar-refractivity contribution in [3.8, 4) is 0 Å². The molecule has 0 spiro atoms. The molecule has 2 aromatic heterocycles. The van der Waals surface area contributed by atoms with Crippen molar-refractivity contribution >= 4 is 22.7 Å². The molecule has 3 heteroatoms. The molecular formula is C14H19NS2. The molecule has 1 nitrogen and oxygen atoms in total. The van der Waals surface area contributed by atoms with Gasteiger partial charge in [0, 0.05) is 27.2 Å². The summed E-state index contributed by atoms with van der Waals surface area (Å²) in [4.78, 5) is 4.28. The average molecular weight is 265 g/mol. The Morgan fingerprint density at radius 2 is 2.18 bits per heavy atom. The maximum Gasteiger partial charge on any atom is 0.0417 e. The molecule has 0 aromatic carbocycles. The molecule has 0 fully saturated rings. The van der Waals surface area contributed by atoms with Crippen molar-refractivity contribution < 1.29 is 0 Å². The number of nitrogens with one attached hydrogen (secondary N) is 1. The molecule has 0 aliphatic rings. The number of hydrogen-bond acceptors (Lipinski definition) is 3. The zero-order valence-corrected chi connectivity index (χ0v) is 12.0. The van der Waals surface area contributed by atoms with Crippen molar-refractivity contribution in [3.05, 3.63) is 44.3 Å². The third-order valence-corrected chi connectivity index (χ3v) is 4.77. The van der Waals surface area contributed by atoms with Crippen molar-refractivity contribution in [1.29, 1.82) is 0 Å². The summed E-state index contributed by atoms with van der Waals surface area (Å²) in [6.07, 6.45) is 2.43. The zero-order chi connectivity index (χ0) is 12.1. The van der Waals surface area contributed by atoms with Crippen LogP contribution >= 0.6 is 22.7 Å². The molecule has 0 aliphatic heterocycles. The van der Waals surface area contributed by atoms with Gasteiger partial charge in [0.2, 0.25) is 0 Å². The van der Waals surface area contributed by atoms with Gasteiger partial charge in [0.1, 0.15) is 0 Å². The van der Waals surface area contributed by atoms with E-state index in [1.165, 1.54) is 27.5 Å². The molecule has 2 aromatic rings. The summed E-state index contributed by atoms with van der Waals surface area (Å²) >= 11 is 3.74. The van der Waals surface area contributed by atoms with E-state index >= 15 is 0 Å². The minimum Gasteiger partial charge on any atom is -0.304 e. The smallest absolute Gasteiger partial charge is 0.0417 e. The molecule has 1 unspecified atom stereocenters. The second-order valence-electron chi connectivity index (χ2n) is 4.25. The quantitative estimate of drug-likeness (QED) is 0.795. The van der Waals surface area contributed by atoms with E-state index in [9.17, 15) is 0 Å². The van der Waals surface area contributed by atoms with E-state index in [1.54, 1.807) is 0 Å². The van der Waals surface area contributed by atoms with Crippen molar-refractivity contribution in [2.75, 3.05) is 0 Å². The van der Waals surface area contributed by atoms with Crippen LogP contribution in [0.5, 0.6) is 0 Å². The second kappa shape index (κ2) is 6.34. The normalized spacial score (nSPS) is 12.8. The molecule has 0 saturated carbocycles. The number of hydrogen-bond donors (Lipinski definition) is 1. The van der Waals surface area contributed by atoms with Crippen LogP contribution in [0.2, 0.25) is 0 Å². The fourth-order valence-electron chi connectivity index (χ4n) is 1.93. The summed E-state index contributed by atoms with van der Waals surface area (Å²) in [6, 6.07) is 9.31. The molecule has 2 heterocycles. The molecule has 1 N–H and O–H groups in total. The van der Waals surface area contributed by atoms with E-state index in [4.69, 9.17) is 0 Å².